The Bertz CT molecular complexity index is 217. The van der Waals surface area contributed by atoms with Crippen molar-refractivity contribution in [2.24, 2.45) is 5.41 Å². The fourth-order valence-electron chi connectivity index (χ4n) is 3.21. The van der Waals surface area contributed by atoms with E-state index in [9.17, 15) is 0 Å². The lowest BCUT2D eigenvalue weighted by atomic mass is 9.58. The zero-order valence-electron chi connectivity index (χ0n) is 12.6. The van der Waals surface area contributed by atoms with Gasteiger partial charge in [0.2, 0.25) is 0 Å². The summed E-state index contributed by atoms with van der Waals surface area (Å²) in [6.45, 7) is 12.3. The van der Waals surface area contributed by atoms with Crippen LogP contribution in [0.2, 0.25) is 0 Å². The molecule has 2 atom stereocenters. The van der Waals surface area contributed by atoms with Crippen molar-refractivity contribution < 1.29 is 9.47 Å². The Hall–Kier alpha value is -0.120. The summed E-state index contributed by atoms with van der Waals surface area (Å²) >= 11 is 0. The third-order valence-corrected chi connectivity index (χ3v) is 4.45. The Morgan fingerprint density at radius 3 is 2.33 bits per heavy atom. The molecule has 0 radical (unpaired) electrons. The predicted molar refractivity (Wildman–Crippen MR) is 75.9 cm³/mol. The molecule has 1 aliphatic carbocycles. The molecule has 0 aliphatic heterocycles. The molecule has 1 rings (SSSR count). The Morgan fingerprint density at radius 1 is 1.06 bits per heavy atom. The molecule has 1 N–H and O–H groups in total. The largest absolute Gasteiger partial charge is 0.379 e. The molecule has 1 fully saturated rings. The smallest absolute Gasteiger partial charge is 0.0704 e. The molecule has 2 unspecified atom stereocenters. The van der Waals surface area contributed by atoms with Crippen molar-refractivity contribution in [3.8, 4) is 0 Å². The van der Waals surface area contributed by atoms with E-state index in [1.54, 1.807) is 0 Å². The van der Waals surface area contributed by atoms with Gasteiger partial charge in [-0.05, 0) is 32.2 Å². The third kappa shape index (κ3) is 3.46. The molecule has 0 aromatic rings. The number of rotatable bonds is 10. The molecule has 0 bridgehead atoms. The fraction of sp³-hybridized carbons (Fsp3) is 1.00. The lowest BCUT2D eigenvalue weighted by Gasteiger charge is -2.55. The predicted octanol–water partition coefficient (Wildman–Crippen LogP) is 2.99. The Kier molecular flexibility index (Phi) is 7.20. The summed E-state index contributed by atoms with van der Waals surface area (Å²) in [4.78, 5) is 0. The zero-order chi connectivity index (χ0) is 13.4. The summed E-state index contributed by atoms with van der Waals surface area (Å²) in [6, 6.07) is 0.638. The second-order valence-corrected chi connectivity index (χ2v) is 5.26. The highest BCUT2D eigenvalue weighted by Crippen LogP contribution is 2.48. The van der Waals surface area contributed by atoms with E-state index in [1.807, 2.05) is 0 Å². The maximum atomic E-state index is 6.03. The summed E-state index contributed by atoms with van der Waals surface area (Å²) in [6.07, 6.45) is 5.05. The van der Waals surface area contributed by atoms with E-state index in [0.717, 1.165) is 39.2 Å². The van der Waals surface area contributed by atoms with Crippen molar-refractivity contribution >= 4 is 0 Å². The van der Waals surface area contributed by atoms with Crippen LogP contribution in [0.5, 0.6) is 0 Å². The molecule has 0 aromatic carbocycles. The normalized spacial score (nSPS) is 26.0. The summed E-state index contributed by atoms with van der Waals surface area (Å²) in [5.41, 5.74) is 0.348. The van der Waals surface area contributed by atoms with Gasteiger partial charge in [-0.25, -0.2) is 0 Å². The molecule has 0 amide bonds. The Morgan fingerprint density at radius 2 is 1.78 bits per heavy atom. The molecule has 0 saturated heterocycles. The van der Waals surface area contributed by atoms with Gasteiger partial charge in [0.1, 0.15) is 0 Å². The van der Waals surface area contributed by atoms with Crippen LogP contribution >= 0.6 is 0 Å². The lowest BCUT2D eigenvalue weighted by molar-refractivity contribution is -0.147. The molecule has 1 saturated carbocycles. The first kappa shape index (κ1) is 15.9. The maximum absolute atomic E-state index is 6.03. The first-order valence-electron chi connectivity index (χ1n) is 7.67. The average Bonchev–Trinajstić information content (AvgIpc) is 2.38. The molecule has 3 heteroatoms. The maximum Gasteiger partial charge on any atom is 0.0704 e. The standard InChI is InChI=1S/C15H31NO2/c1-5-9-17-10-11-18-14-12-13(16-8-4)15(14,6-2)7-3/h13-14,16H,5-12H2,1-4H3. The van der Waals surface area contributed by atoms with Gasteiger partial charge in [-0.3, -0.25) is 0 Å². The van der Waals surface area contributed by atoms with Crippen molar-refractivity contribution in [3.05, 3.63) is 0 Å². The first-order valence-corrected chi connectivity index (χ1v) is 7.67. The third-order valence-electron chi connectivity index (χ3n) is 4.45. The number of hydrogen-bond acceptors (Lipinski definition) is 3. The number of hydrogen-bond donors (Lipinski definition) is 1. The number of nitrogens with one attached hydrogen (secondary N) is 1. The van der Waals surface area contributed by atoms with Crippen molar-refractivity contribution in [3.63, 3.8) is 0 Å². The van der Waals surface area contributed by atoms with Crippen LogP contribution < -0.4 is 5.32 Å². The van der Waals surface area contributed by atoms with E-state index in [0.29, 0.717) is 17.6 Å². The highest BCUT2D eigenvalue weighted by Gasteiger charge is 2.52. The van der Waals surface area contributed by atoms with Gasteiger partial charge in [-0.1, -0.05) is 27.7 Å². The van der Waals surface area contributed by atoms with Crippen molar-refractivity contribution in [2.75, 3.05) is 26.4 Å². The summed E-state index contributed by atoms with van der Waals surface area (Å²) in [5.74, 6) is 0. The minimum Gasteiger partial charge on any atom is -0.379 e. The van der Waals surface area contributed by atoms with E-state index in [1.165, 1.54) is 12.8 Å². The van der Waals surface area contributed by atoms with E-state index in [2.05, 4.69) is 33.0 Å². The van der Waals surface area contributed by atoms with Crippen LogP contribution in [0.4, 0.5) is 0 Å². The molecular weight excluding hydrogens is 226 g/mol. The number of ether oxygens (including phenoxy) is 2. The van der Waals surface area contributed by atoms with Crippen LogP contribution in [0.25, 0.3) is 0 Å². The van der Waals surface area contributed by atoms with Gasteiger partial charge in [0, 0.05) is 18.1 Å². The van der Waals surface area contributed by atoms with Gasteiger partial charge in [-0.15, -0.1) is 0 Å². The minimum absolute atomic E-state index is 0.348. The monoisotopic (exact) mass is 257 g/mol. The van der Waals surface area contributed by atoms with Crippen molar-refractivity contribution in [2.45, 2.75) is 65.5 Å². The molecule has 18 heavy (non-hydrogen) atoms. The fourth-order valence-corrected chi connectivity index (χ4v) is 3.21. The molecule has 3 nitrogen and oxygen atoms in total. The van der Waals surface area contributed by atoms with Crippen LogP contribution in [0.15, 0.2) is 0 Å². The molecule has 0 heterocycles. The van der Waals surface area contributed by atoms with Gasteiger partial charge in [0.05, 0.1) is 19.3 Å². The van der Waals surface area contributed by atoms with Crippen LogP contribution in [0.3, 0.4) is 0 Å². The SMILES string of the molecule is CCCOCCOC1CC(NCC)C1(CC)CC. The van der Waals surface area contributed by atoms with Crippen LogP contribution in [0.1, 0.15) is 53.4 Å². The van der Waals surface area contributed by atoms with Crippen molar-refractivity contribution in [1.29, 1.82) is 0 Å². The van der Waals surface area contributed by atoms with Crippen LogP contribution in [-0.2, 0) is 9.47 Å². The van der Waals surface area contributed by atoms with Gasteiger partial charge in [0.25, 0.3) is 0 Å². The average molecular weight is 257 g/mol. The second-order valence-electron chi connectivity index (χ2n) is 5.26. The highest BCUT2D eigenvalue weighted by atomic mass is 16.5. The van der Waals surface area contributed by atoms with E-state index in [4.69, 9.17) is 9.47 Å². The van der Waals surface area contributed by atoms with Crippen molar-refractivity contribution in [1.82, 2.24) is 5.32 Å². The van der Waals surface area contributed by atoms with Crippen LogP contribution in [0, 0.1) is 5.41 Å². The molecular formula is C15H31NO2. The topological polar surface area (TPSA) is 30.5 Å². The van der Waals surface area contributed by atoms with Crippen LogP contribution in [-0.4, -0.2) is 38.5 Å². The van der Waals surface area contributed by atoms with Gasteiger partial charge >= 0.3 is 0 Å². The Labute approximate surface area is 113 Å². The first-order chi connectivity index (χ1) is 8.75. The summed E-state index contributed by atoms with van der Waals surface area (Å²) < 4.78 is 11.5. The summed E-state index contributed by atoms with van der Waals surface area (Å²) in [7, 11) is 0. The quantitative estimate of drug-likeness (QED) is 0.610. The molecule has 0 aromatic heterocycles. The second kappa shape index (κ2) is 8.13. The van der Waals surface area contributed by atoms with Gasteiger partial charge in [-0.2, -0.15) is 0 Å². The van der Waals surface area contributed by atoms with Gasteiger partial charge in [0.15, 0.2) is 0 Å². The molecule has 1 aliphatic rings. The molecule has 108 valence electrons. The molecule has 0 spiro atoms. The van der Waals surface area contributed by atoms with Gasteiger partial charge < -0.3 is 14.8 Å². The van der Waals surface area contributed by atoms with E-state index >= 15 is 0 Å². The van der Waals surface area contributed by atoms with E-state index < -0.39 is 0 Å². The highest BCUT2D eigenvalue weighted by molar-refractivity contribution is 5.06. The van der Waals surface area contributed by atoms with E-state index in [-0.39, 0.29) is 0 Å². The zero-order valence-corrected chi connectivity index (χ0v) is 12.6. The summed E-state index contributed by atoms with van der Waals surface area (Å²) in [5, 5.41) is 3.60. The minimum atomic E-state index is 0.348. The lowest BCUT2D eigenvalue weighted by Crippen LogP contribution is -2.63. The Balaban J connectivity index is 2.32.